The molecule has 1 aliphatic heterocycles. The fourth-order valence-electron chi connectivity index (χ4n) is 3.34. The van der Waals surface area contributed by atoms with E-state index in [4.69, 9.17) is 0 Å². The van der Waals surface area contributed by atoms with Crippen molar-refractivity contribution in [3.05, 3.63) is 72.3 Å². The molecule has 4 rings (SSSR count). The number of rotatable bonds is 3. The Morgan fingerprint density at radius 2 is 1.54 bits per heavy atom. The Hall–Kier alpha value is -1.81. The molecule has 0 aromatic heterocycles. The first kappa shape index (κ1) is 15.7. The summed E-state index contributed by atoms with van der Waals surface area (Å²) in [6.45, 7) is 1.91. The van der Waals surface area contributed by atoms with Crippen molar-refractivity contribution >= 4 is 22.5 Å². The second-order valence-corrected chi connectivity index (χ2v) is 7.40. The van der Waals surface area contributed by atoms with Crippen LogP contribution in [0, 0.1) is 0 Å². The summed E-state index contributed by atoms with van der Waals surface area (Å²) in [6, 6.07) is 23.2. The van der Waals surface area contributed by atoms with Crippen molar-refractivity contribution in [2.75, 3.05) is 24.6 Å². The van der Waals surface area contributed by atoms with Crippen molar-refractivity contribution in [3.8, 4) is 11.1 Å². The number of benzene rings is 3. The molecule has 1 unspecified atom stereocenters. The largest absolute Gasteiger partial charge is 0.374 e. The fraction of sp³-hybridized carbons (Fsp3) is 0.238. The van der Waals surface area contributed by atoms with Gasteiger partial charge in [0.15, 0.2) is 0 Å². The van der Waals surface area contributed by atoms with E-state index in [2.05, 4.69) is 71.6 Å². The monoisotopic (exact) mass is 335 g/mol. The van der Waals surface area contributed by atoms with Crippen LogP contribution in [0.15, 0.2) is 66.7 Å². The van der Waals surface area contributed by atoms with Gasteiger partial charge in [-0.3, -0.25) is 4.90 Å². The summed E-state index contributed by atoms with van der Waals surface area (Å²) in [5, 5.41) is 13.1. The molecule has 0 amide bonds. The number of fused-ring (bicyclic) bond motifs is 1. The number of hydrogen-bond acceptors (Lipinski definition) is 3. The maximum absolute atomic E-state index is 10.6. The SMILES string of the molecule is OC(c1ccc(-c2cccc3ccccc23)cc1)N1CCSCC1. The molecule has 1 saturated heterocycles. The minimum Gasteiger partial charge on any atom is -0.374 e. The molecule has 3 aromatic rings. The number of aliphatic hydroxyl groups is 1. The van der Waals surface area contributed by atoms with Crippen LogP contribution in [0.3, 0.4) is 0 Å². The van der Waals surface area contributed by atoms with Gasteiger partial charge < -0.3 is 5.11 Å². The van der Waals surface area contributed by atoms with Crippen molar-refractivity contribution in [1.82, 2.24) is 4.90 Å². The molecule has 0 spiro atoms. The van der Waals surface area contributed by atoms with Crippen molar-refractivity contribution in [1.29, 1.82) is 0 Å². The highest BCUT2D eigenvalue weighted by Gasteiger charge is 2.19. The minimum atomic E-state index is -0.493. The lowest BCUT2D eigenvalue weighted by atomic mass is 9.97. The molecule has 3 aromatic carbocycles. The summed E-state index contributed by atoms with van der Waals surface area (Å²) >= 11 is 1.96. The van der Waals surface area contributed by atoms with Crippen molar-refractivity contribution in [2.24, 2.45) is 0 Å². The molecule has 0 radical (unpaired) electrons. The summed E-state index contributed by atoms with van der Waals surface area (Å²) in [6.07, 6.45) is -0.493. The van der Waals surface area contributed by atoms with Crippen molar-refractivity contribution in [3.63, 3.8) is 0 Å². The third-order valence-corrected chi connectivity index (χ3v) is 5.64. The molecule has 122 valence electrons. The molecule has 1 N–H and O–H groups in total. The van der Waals surface area contributed by atoms with Crippen molar-refractivity contribution in [2.45, 2.75) is 6.23 Å². The van der Waals surface area contributed by atoms with E-state index in [1.54, 1.807) is 0 Å². The molecule has 0 saturated carbocycles. The Balaban J connectivity index is 1.63. The van der Waals surface area contributed by atoms with Gasteiger partial charge in [0.2, 0.25) is 0 Å². The summed E-state index contributed by atoms with van der Waals surface area (Å²) in [7, 11) is 0. The standard InChI is InChI=1S/C21H21NOS/c23-21(22-12-14-24-15-13-22)18-10-8-17(9-11-18)20-7-3-5-16-4-1-2-6-19(16)20/h1-11,21,23H,12-15H2. The molecular formula is C21H21NOS. The number of aliphatic hydroxyl groups excluding tert-OH is 1. The van der Waals surface area contributed by atoms with Crippen LogP contribution < -0.4 is 0 Å². The molecule has 0 bridgehead atoms. The van der Waals surface area contributed by atoms with Gasteiger partial charge in [-0.2, -0.15) is 11.8 Å². The van der Waals surface area contributed by atoms with Crippen LogP contribution in [0.1, 0.15) is 11.8 Å². The highest BCUT2D eigenvalue weighted by Crippen LogP contribution is 2.30. The van der Waals surface area contributed by atoms with Crippen LogP contribution in [-0.4, -0.2) is 34.6 Å². The van der Waals surface area contributed by atoms with Gasteiger partial charge in [-0.05, 0) is 27.5 Å². The summed E-state index contributed by atoms with van der Waals surface area (Å²) in [5.41, 5.74) is 3.41. The summed E-state index contributed by atoms with van der Waals surface area (Å²) < 4.78 is 0. The maximum Gasteiger partial charge on any atom is 0.133 e. The molecule has 1 aliphatic rings. The smallest absolute Gasteiger partial charge is 0.133 e. The van der Waals surface area contributed by atoms with E-state index in [1.807, 2.05) is 11.8 Å². The fourth-order valence-corrected chi connectivity index (χ4v) is 4.28. The van der Waals surface area contributed by atoms with Gasteiger partial charge in [-0.25, -0.2) is 0 Å². The summed E-state index contributed by atoms with van der Waals surface area (Å²) in [4.78, 5) is 2.16. The van der Waals surface area contributed by atoms with E-state index in [9.17, 15) is 5.11 Å². The lowest BCUT2D eigenvalue weighted by Crippen LogP contribution is -2.35. The average molecular weight is 335 g/mol. The predicted molar refractivity (Wildman–Crippen MR) is 103 cm³/mol. The number of hydrogen-bond donors (Lipinski definition) is 1. The molecule has 3 heteroatoms. The average Bonchev–Trinajstić information content (AvgIpc) is 2.68. The van der Waals surface area contributed by atoms with E-state index in [-0.39, 0.29) is 0 Å². The van der Waals surface area contributed by atoms with Gasteiger partial charge in [-0.1, -0.05) is 66.7 Å². The lowest BCUT2D eigenvalue weighted by Gasteiger charge is -2.31. The van der Waals surface area contributed by atoms with Crippen LogP contribution in [0.4, 0.5) is 0 Å². The van der Waals surface area contributed by atoms with Gasteiger partial charge in [-0.15, -0.1) is 0 Å². The van der Waals surface area contributed by atoms with Crippen LogP contribution in [0.5, 0.6) is 0 Å². The Labute approximate surface area is 147 Å². The highest BCUT2D eigenvalue weighted by molar-refractivity contribution is 7.99. The Kier molecular flexibility index (Phi) is 4.56. The predicted octanol–water partition coefficient (Wildman–Crippen LogP) is 4.55. The Morgan fingerprint density at radius 1 is 0.833 bits per heavy atom. The van der Waals surface area contributed by atoms with Crippen LogP contribution in [0.2, 0.25) is 0 Å². The van der Waals surface area contributed by atoms with E-state index >= 15 is 0 Å². The second-order valence-electron chi connectivity index (χ2n) is 6.17. The third kappa shape index (κ3) is 3.07. The van der Waals surface area contributed by atoms with Gasteiger partial charge in [0.25, 0.3) is 0 Å². The van der Waals surface area contributed by atoms with E-state index in [0.29, 0.717) is 0 Å². The van der Waals surface area contributed by atoms with Crippen LogP contribution in [0.25, 0.3) is 21.9 Å². The zero-order valence-electron chi connectivity index (χ0n) is 13.6. The molecule has 1 atom stereocenters. The number of thioether (sulfide) groups is 1. The molecule has 1 fully saturated rings. The lowest BCUT2D eigenvalue weighted by molar-refractivity contribution is 0.00881. The normalized spacial score (nSPS) is 17.0. The molecular weight excluding hydrogens is 314 g/mol. The summed E-state index contributed by atoms with van der Waals surface area (Å²) in [5.74, 6) is 2.20. The maximum atomic E-state index is 10.6. The first-order valence-corrected chi connectivity index (χ1v) is 9.56. The second kappa shape index (κ2) is 6.98. The Bertz CT molecular complexity index is 819. The van der Waals surface area contributed by atoms with Gasteiger partial charge in [0.05, 0.1) is 0 Å². The molecule has 24 heavy (non-hydrogen) atoms. The third-order valence-electron chi connectivity index (χ3n) is 4.70. The van der Waals surface area contributed by atoms with Crippen LogP contribution >= 0.6 is 11.8 Å². The highest BCUT2D eigenvalue weighted by atomic mass is 32.2. The first-order valence-electron chi connectivity index (χ1n) is 8.41. The van der Waals surface area contributed by atoms with Gasteiger partial charge in [0.1, 0.15) is 6.23 Å². The quantitative estimate of drug-likeness (QED) is 0.760. The van der Waals surface area contributed by atoms with Gasteiger partial charge >= 0.3 is 0 Å². The van der Waals surface area contributed by atoms with Crippen molar-refractivity contribution < 1.29 is 5.11 Å². The van der Waals surface area contributed by atoms with E-state index in [1.165, 1.54) is 21.9 Å². The van der Waals surface area contributed by atoms with E-state index < -0.39 is 6.23 Å². The topological polar surface area (TPSA) is 23.5 Å². The number of nitrogens with zero attached hydrogens (tertiary/aromatic N) is 1. The van der Waals surface area contributed by atoms with Gasteiger partial charge in [0, 0.05) is 24.6 Å². The molecule has 2 nitrogen and oxygen atoms in total. The zero-order valence-corrected chi connectivity index (χ0v) is 14.4. The van der Waals surface area contributed by atoms with Crippen LogP contribution in [-0.2, 0) is 0 Å². The zero-order chi connectivity index (χ0) is 16.4. The minimum absolute atomic E-state index is 0.493. The Morgan fingerprint density at radius 3 is 2.33 bits per heavy atom. The van der Waals surface area contributed by atoms with E-state index in [0.717, 1.165) is 30.2 Å². The first-order chi connectivity index (χ1) is 11.8. The molecule has 0 aliphatic carbocycles. The molecule has 1 heterocycles.